The maximum atomic E-state index is 13.8. The first-order chi connectivity index (χ1) is 13.6. The van der Waals surface area contributed by atoms with Crippen LogP contribution in [0.1, 0.15) is 30.7 Å². The van der Waals surface area contributed by atoms with Crippen molar-refractivity contribution in [2.45, 2.75) is 32.1 Å². The third-order valence-corrected chi connectivity index (χ3v) is 4.39. The lowest BCUT2D eigenvalue weighted by atomic mass is 10.1. The van der Waals surface area contributed by atoms with Crippen LogP contribution in [-0.2, 0) is 17.6 Å². The molecule has 1 aromatic heterocycles. The molecule has 3 rings (SSSR count). The molecule has 4 nitrogen and oxygen atoms in total. The number of unbranched alkanes of at least 4 members (excludes halogenated alkanes) is 1. The Labute approximate surface area is 162 Å². The zero-order valence-corrected chi connectivity index (χ0v) is 15.5. The van der Waals surface area contributed by atoms with Crippen molar-refractivity contribution in [2.75, 3.05) is 6.54 Å². The highest BCUT2D eigenvalue weighted by Crippen LogP contribution is 2.26. The van der Waals surface area contributed by atoms with Gasteiger partial charge in [-0.15, -0.1) is 0 Å². The number of benzene rings is 2. The molecule has 0 aliphatic heterocycles. The Bertz CT molecular complexity index is 890. The number of aromatic nitrogens is 1. The molecule has 2 aromatic carbocycles. The average Bonchev–Trinajstić information content (AvgIpc) is 3.15. The lowest BCUT2D eigenvalue weighted by molar-refractivity contribution is -0.121. The number of hydrogen-bond donors (Lipinski definition) is 1. The summed E-state index contributed by atoms with van der Waals surface area (Å²) in [7, 11) is 0. The van der Waals surface area contributed by atoms with Crippen LogP contribution in [0.15, 0.2) is 59.1 Å². The van der Waals surface area contributed by atoms with E-state index >= 15 is 0 Å². The van der Waals surface area contributed by atoms with Crippen molar-refractivity contribution >= 4 is 5.91 Å². The molecule has 1 amide bonds. The van der Waals surface area contributed by atoms with Crippen molar-refractivity contribution in [1.29, 1.82) is 0 Å². The molecule has 0 fully saturated rings. The summed E-state index contributed by atoms with van der Waals surface area (Å²) in [5.41, 5.74) is 1.05. The largest absolute Gasteiger partial charge is 0.441 e. The highest BCUT2D eigenvalue weighted by atomic mass is 19.1. The van der Waals surface area contributed by atoms with Gasteiger partial charge in [0.05, 0.1) is 11.8 Å². The molecular weight excluding hydrogens is 362 g/mol. The normalized spacial score (nSPS) is 10.8. The van der Waals surface area contributed by atoms with Crippen molar-refractivity contribution in [3.63, 3.8) is 0 Å². The molecule has 0 aliphatic rings. The predicted molar refractivity (Wildman–Crippen MR) is 103 cm³/mol. The van der Waals surface area contributed by atoms with Crippen molar-refractivity contribution in [1.82, 2.24) is 10.3 Å². The topological polar surface area (TPSA) is 55.1 Å². The van der Waals surface area contributed by atoms with Gasteiger partial charge in [0.2, 0.25) is 5.91 Å². The molecule has 0 bridgehead atoms. The first kappa shape index (κ1) is 19.7. The zero-order valence-electron chi connectivity index (χ0n) is 15.5. The molecule has 0 unspecified atom stereocenters. The van der Waals surface area contributed by atoms with Gasteiger partial charge < -0.3 is 9.73 Å². The van der Waals surface area contributed by atoms with Crippen LogP contribution in [0, 0.1) is 11.6 Å². The van der Waals surface area contributed by atoms with E-state index in [1.165, 1.54) is 17.8 Å². The highest BCUT2D eigenvalue weighted by Gasteiger charge is 2.16. The average molecular weight is 384 g/mol. The molecule has 0 saturated carbocycles. The van der Waals surface area contributed by atoms with E-state index in [2.05, 4.69) is 22.4 Å². The van der Waals surface area contributed by atoms with E-state index in [-0.39, 0.29) is 36.0 Å². The summed E-state index contributed by atoms with van der Waals surface area (Å²) in [5.74, 6) is -1.23. The van der Waals surface area contributed by atoms with E-state index < -0.39 is 11.6 Å². The Hall–Kier alpha value is -3.02. The number of carbonyl (C=O) groups is 1. The predicted octanol–water partition coefficient (Wildman–Crippen LogP) is 4.69. The van der Waals surface area contributed by atoms with E-state index in [0.717, 1.165) is 31.4 Å². The minimum Gasteiger partial charge on any atom is -0.441 e. The van der Waals surface area contributed by atoms with Gasteiger partial charge in [-0.05, 0) is 37.0 Å². The van der Waals surface area contributed by atoms with Crippen LogP contribution >= 0.6 is 0 Å². The second-order valence-corrected chi connectivity index (χ2v) is 6.51. The molecule has 3 aromatic rings. The number of carbonyl (C=O) groups excluding carboxylic acids is 1. The summed E-state index contributed by atoms with van der Waals surface area (Å²) < 4.78 is 33.0. The van der Waals surface area contributed by atoms with Crippen molar-refractivity contribution in [3.05, 3.63) is 77.8 Å². The third-order valence-electron chi connectivity index (χ3n) is 4.39. The van der Waals surface area contributed by atoms with Gasteiger partial charge in [-0.3, -0.25) is 4.79 Å². The number of nitrogens with zero attached hydrogens (tertiary/aromatic N) is 1. The number of rotatable bonds is 9. The van der Waals surface area contributed by atoms with E-state index in [4.69, 9.17) is 4.42 Å². The van der Waals surface area contributed by atoms with E-state index in [1.54, 1.807) is 0 Å². The van der Waals surface area contributed by atoms with Crippen LogP contribution in [0.2, 0.25) is 0 Å². The summed E-state index contributed by atoms with van der Waals surface area (Å²) in [6, 6.07) is 13.8. The number of amides is 1. The van der Waals surface area contributed by atoms with E-state index in [1.807, 2.05) is 18.2 Å². The Kier molecular flexibility index (Phi) is 6.89. The lowest BCUT2D eigenvalue weighted by Gasteiger charge is -2.05. The molecule has 0 aliphatic carbocycles. The zero-order chi connectivity index (χ0) is 19.8. The molecule has 0 radical (unpaired) electrons. The summed E-state index contributed by atoms with van der Waals surface area (Å²) in [5, 5.41) is 2.87. The number of oxazole rings is 1. The summed E-state index contributed by atoms with van der Waals surface area (Å²) in [6.07, 6.45) is 4.64. The van der Waals surface area contributed by atoms with Gasteiger partial charge in [0, 0.05) is 19.4 Å². The van der Waals surface area contributed by atoms with Gasteiger partial charge in [0.15, 0.2) is 11.7 Å². The fourth-order valence-electron chi connectivity index (χ4n) is 2.91. The fourth-order valence-corrected chi connectivity index (χ4v) is 2.91. The fraction of sp³-hybridized carbons (Fsp3) is 0.273. The highest BCUT2D eigenvalue weighted by molar-refractivity contribution is 5.76. The molecule has 1 N–H and O–H groups in total. The van der Waals surface area contributed by atoms with Gasteiger partial charge in [-0.2, -0.15) is 0 Å². The first-order valence-electron chi connectivity index (χ1n) is 9.33. The number of hydrogen-bond acceptors (Lipinski definition) is 3. The molecule has 146 valence electrons. The first-order valence-corrected chi connectivity index (χ1v) is 9.33. The van der Waals surface area contributed by atoms with Gasteiger partial charge in [-0.1, -0.05) is 36.4 Å². The standard InChI is InChI=1S/C22H22F2N2O2/c23-17-10-6-11-18(24)22(17)19-15-26-21(28-19)13-12-20(27)25-14-5-4-9-16-7-2-1-3-8-16/h1-3,6-8,10-11,15H,4-5,9,12-14H2,(H,25,27). The molecule has 1 heterocycles. The van der Waals surface area contributed by atoms with Crippen molar-refractivity contribution < 1.29 is 18.0 Å². The SMILES string of the molecule is O=C(CCc1ncc(-c2c(F)cccc2F)o1)NCCCCc1ccccc1. The van der Waals surface area contributed by atoms with Crippen LogP contribution in [0.3, 0.4) is 0 Å². The Balaban J connectivity index is 1.39. The molecule has 28 heavy (non-hydrogen) atoms. The van der Waals surface area contributed by atoms with Crippen LogP contribution in [-0.4, -0.2) is 17.4 Å². The maximum Gasteiger partial charge on any atom is 0.220 e. The second kappa shape index (κ2) is 9.78. The van der Waals surface area contributed by atoms with Crippen LogP contribution in [0.4, 0.5) is 8.78 Å². The van der Waals surface area contributed by atoms with Crippen LogP contribution in [0.5, 0.6) is 0 Å². The van der Waals surface area contributed by atoms with Crippen LogP contribution in [0.25, 0.3) is 11.3 Å². The van der Waals surface area contributed by atoms with E-state index in [9.17, 15) is 13.6 Å². The van der Waals surface area contributed by atoms with Gasteiger partial charge >= 0.3 is 0 Å². The monoisotopic (exact) mass is 384 g/mol. The smallest absolute Gasteiger partial charge is 0.220 e. The van der Waals surface area contributed by atoms with Gasteiger partial charge in [0.1, 0.15) is 11.6 Å². The molecule has 0 spiro atoms. The summed E-state index contributed by atoms with van der Waals surface area (Å²) in [6.45, 7) is 0.614. The number of nitrogens with one attached hydrogen (secondary N) is 1. The minimum atomic E-state index is -0.712. The Morgan fingerprint density at radius 2 is 1.71 bits per heavy atom. The second-order valence-electron chi connectivity index (χ2n) is 6.51. The summed E-state index contributed by atoms with van der Waals surface area (Å²) >= 11 is 0. The maximum absolute atomic E-state index is 13.8. The van der Waals surface area contributed by atoms with Crippen molar-refractivity contribution in [3.8, 4) is 11.3 Å². The quantitative estimate of drug-likeness (QED) is 0.545. The minimum absolute atomic E-state index is 0.0203. The number of aryl methyl sites for hydroxylation is 2. The molecule has 0 atom stereocenters. The van der Waals surface area contributed by atoms with Crippen molar-refractivity contribution in [2.24, 2.45) is 0 Å². The molecule has 6 heteroatoms. The van der Waals surface area contributed by atoms with Gasteiger partial charge in [0.25, 0.3) is 0 Å². The van der Waals surface area contributed by atoms with Gasteiger partial charge in [-0.25, -0.2) is 13.8 Å². The lowest BCUT2D eigenvalue weighted by Crippen LogP contribution is -2.24. The molecule has 0 saturated heterocycles. The molecular formula is C22H22F2N2O2. The summed E-state index contributed by atoms with van der Waals surface area (Å²) in [4.78, 5) is 15.9. The third kappa shape index (κ3) is 5.49. The Morgan fingerprint density at radius 1 is 0.964 bits per heavy atom. The Morgan fingerprint density at radius 3 is 2.46 bits per heavy atom. The number of halogens is 2. The van der Waals surface area contributed by atoms with E-state index in [0.29, 0.717) is 6.54 Å². The van der Waals surface area contributed by atoms with Crippen LogP contribution < -0.4 is 5.32 Å².